The maximum Gasteiger partial charge on any atom is 0.226 e. The number of amides is 2. The normalized spacial score (nSPS) is 11.9. The molecule has 0 bridgehead atoms. The lowest BCUT2D eigenvalue weighted by atomic mass is 10.0. The number of aryl methyl sites for hydroxylation is 1. The number of carbonyl (C=O) groups is 2. The molecular formula is C20H21N3O2. The average Bonchev–Trinajstić information content (AvgIpc) is 2.95. The van der Waals surface area contributed by atoms with Crippen LogP contribution in [0.3, 0.4) is 0 Å². The minimum Gasteiger partial charge on any atom is -0.350 e. The van der Waals surface area contributed by atoms with Gasteiger partial charge in [0.2, 0.25) is 11.8 Å². The topological polar surface area (TPSA) is 63.1 Å². The zero-order valence-electron chi connectivity index (χ0n) is 14.3. The highest BCUT2D eigenvalue weighted by molar-refractivity contribution is 5.94. The van der Waals surface area contributed by atoms with Crippen molar-refractivity contribution in [2.24, 2.45) is 7.05 Å². The second kappa shape index (κ2) is 7.21. The molecule has 0 saturated carbocycles. The van der Waals surface area contributed by atoms with E-state index in [9.17, 15) is 9.59 Å². The molecule has 5 nitrogen and oxygen atoms in total. The van der Waals surface area contributed by atoms with Gasteiger partial charge in [-0.1, -0.05) is 36.4 Å². The molecule has 0 aliphatic rings. The Kier molecular flexibility index (Phi) is 4.84. The zero-order chi connectivity index (χ0) is 17.8. The molecule has 1 atom stereocenters. The van der Waals surface area contributed by atoms with Gasteiger partial charge in [-0.05, 0) is 29.1 Å². The fourth-order valence-electron chi connectivity index (χ4n) is 2.92. The summed E-state index contributed by atoms with van der Waals surface area (Å²) in [4.78, 5) is 23.9. The van der Waals surface area contributed by atoms with Gasteiger partial charge in [-0.2, -0.15) is 0 Å². The van der Waals surface area contributed by atoms with E-state index in [1.54, 1.807) is 0 Å². The van der Waals surface area contributed by atoms with Crippen LogP contribution in [0.25, 0.3) is 10.9 Å². The van der Waals surface area contributed by atoms with Crippen molar-refractivity contribution >= 4 is 28.4 Å². The lowest BCUT2D eigenvalue weighted by Gasteiger charge is -2.18. The molecule has 0 aliphatic carbocycles. The van der Waals surface area contributed by atoms with Crippen LogP contribution in [0, 0.1) is 0 Å². The molecule has 0 fully saturated rings. The van der Waals surface area contributed by atoms with Gasteiger partial charge in [-0.15, -0.1) is 0 Å². The fraction of sp³-hybridized carbons (Fsp3) is 0.200. The smallest absolute Gasteiger partial charge is 0.226 e. The molecule has 25 heavy (non-hydrogen) atoms. The van der Waals surface area contributed by atoms with Crippen LogP contribution in [0.2, 0.25) is 0 Å². The maximum absolute atomic E-state index is 12.5. The number of nitrogens with one attached hydrogen (secondary N) is 2. The number of nitrogens with zero attached hydrogens (tertiary/aromatic N) is 1. The van der Waals surface area contributed by atoms with Crippen molar-refractivity contribution in [3.05, 3.63) is 66.4 Å². The molecule has 1 aromatic heterocycles. The Hall–Kier alpha value is -3.08. The molecule has 2 amide bonds. The van der Waals surface area contributed by atoms with Crippen LogP contribution in [0.15, 0.2) is 60.8 Å². The summed E-state index contributed by atoms with van der Waals surface area (Å²) in [7, 11) is 1.97. The lowest BCUT2D eigenvalue weighted by Crippen LogP contribution is -2.29. The highest BCUT2D eigenvalue weighted by Crippen LogP contribution is 2.21. The summed E-state index contributed by atoms with van der Waals surface area (Å²) in [6.45, 7) is 1.46. The van der Waals surface area contributed by atoms with Crippen LogP contribution in [-0.2, 0) is 16.6 Å². The highest BCUT2D eigenvalue weighted by atomic mass is 16.2. The van der Waals surface area contributed by atoms with Gasteiger partial charge in [0, 0.05) is 31.4 Å². The second-order valence-electron chi connectivity index (χ2n) is 6.12. The number of aromatic nitrogens is 1. The monoisotopic (exact) mass is 335 g/mol. The van der Waals surface area contributed by atoms with E-state index in [-0.39, 0.29) is 24.3 Å². The summed E-state index contributed by atoms with van der Waals surface area (Å²) in [6.07, 6.45) is 2.16. The van der Waals surface area contributed by atoms with E-state index in [4.69, 9.17) is 0 Å². The van der Waals surface area contributed by atoms with Crippen LogP contribution in [0.5, 0.6) is 0 Å². The fourth-order valence-corrected chi connectivity index (χ4v) is 2.92. The molecule has 0 radical (unpaired) electrons. The predicted octanol–water partition coefficient (Wildman–Crippen LogP) is 3.38. The predicted molar refractivity (Wildman–Crippen MR) is 99.2 cm³/mol. The number of hydrogen-bond donors (Lipinski definition) is 2. The van der Waals surface area contributed by atoms with Gasteiger partial charge < -0.3 is 15.2 Å². The van der Waals surface area contributed by atoms with Gasteiger partial charge in [0.25, 0.3) is 0 Å². The Morgan fingerprint density at radius 2 is 1.84 bits per heavy atom. The van der Waals surface area contributed by atoms with Crippen molar-refractivity contribution < 1.29 is 9.59 Å². The van der Waals surface area contributed by atoms with E-state index >= 15 is 0 Å². The van der Waals surface area contributed by atoms with Crippen molar-refractivity contribution in [2.45, 2.75) is 19.4 Å². The standard InChI is InChI=1S/C20H21N3O2/c1-14(24)21-18(15-6-4-3-5-7-15)13-20(25)22-17-9-8-16-10-11-23(2)19(16)12-17/h3-12,18H,13H2,1-2H3,(H,21,24)(H,22,25). The van der Waals surface area contributed by atoms with Crippen molar-refractivity contribution in [1.29, 1.82) is 0 Å². The Bertz CT molecular complexity index is 900. The third-order valence-electron chi connectivity index (χ3n) is 4.14. The van der Waals surface area contributed by atoms with Crippen molar-refractivity contribution in [3.8, 4) is 0 Å². The molecule has 1 unspecified atom stereocenters. The molecule has 1 heterocycles. The number of hydrogen-bond acceptors (Lipinski definition) is 2. The quantitative estimate of drug-likeness (QED) is 0.751. The van der Waals surface area contributed by atoms with Crippen LogP contribution < -0.4 is 10.6 Å². The SMILES string of the molecule is CC(=O)NC(CC(=O)Nc1ccc2ccn(C)c2c1)c1ccccc1. The van der Waals surface area contributed by atoms with Gasteiger partial charge in [0.05, 0.1) is 12.5 Å². The Labute approximate surface area is 146 Å². The summed E-state index contributed by atoms with van der Waals surface area (Å²) in [6, 6.07) is 17.0. The first-order valence-electron chi connectivity index (χ1n) is 8.20. The summed E-state index contributed by atoms with van der Waals surface area (Å²) in [5, 5.41) is 6.89. The molecule has 5 heteroatoms. The zero-order valence-corrected chi connectivity index (χ0v) is 14.3. The van der Waals surface area contributed by atoms with Gasteiger partial charge in [0.1, 0.15) is 0 Å². The molecule has 0 saturated heterocycles. The number of benzene rings is 2. The van der Waals surface area contributed by atoms with Gasteiger partial charge in [0.15, 0.2) is 0 Å². The van der Waals surface area contributed by atoms with E-state index in [0.717, 1.165) is 22.2 Å². The number of rotatable bonds is 5. The summed E-state index contributed by atoms with van der Waals surface area (Å²) >= 11 is 0. The first kappa shape index (κ1) is 16.8. The van der Waals surface area contributed by atoms with Gasteiger partial charge in [-0.3, -0.25) is 9.59 Å². The van der Waals surface area contributed by atoms with Gasteiger partial charge >= 0.3 is 0 Å². The summed E-state index contributed by atoms with van der Waals surface area (Å²) in [5.74, 6) is -0.303. The van der Waals surface area contributed by atoms with E-state index in [0.29, 0.717) is 0 Å². The Balaban J connectivity index is 1.74. The Morgan fingerprint density at radius 3 is 2.56 bits per heavy atom. The first-order chi connectivity index (χ1) is 12.0. The first-order valence-corrected chi connectivity index (χ1v) is 8.20. The molecule has 0 aliphatic heterocycles. The van der Waals surface area contributed by atoms with E-state index < -0.39 is 0 Å². The molecule has 128 valence electrons. The number of anilines is 1. The van der Waals surface area contributed by atoms with E-state index in [1.807, 2.05) is 72.4 Å². The minimum absolute atomic E-state index is 0.142. The van der Waals surface area contributed by atoms with Crippen molar-refractivity contribution in [2.75, 3.05) is 5.32 Å². The molecule has 0 spiro atoms. The molecule has 2 N–H and O–H groups in total. The van der Waals surface area contributed by atoms with Crippen LogP contribution in [0.4, 0.5) is 5.69 Å². The molecular weight excluding hydrogens is 314 g/mol. The van der Waals surface area contributed by atoms with E-state index in [1.165, 1.54) is 6.92 Å². The largest absolute Gasteiger partial charge is 0.350 e. The molecule has 3 rings (SSSR count). The average molecular weight is 335 g/mol. The maximum atomic E-state index is 12.5. The third kappa shape index (κ3) is 4.07. The Morgan fingerprint density at radius 1 is 1.08 bits per heavy atom. The van der Waals surface area contributed by atoms with Crippen LogP contribution in [-0.4, -0.2) is 16.4 Å². The van der Waals surface area contributed by atoms with Crippen molar-refractivity contribution in [3.63, 3.8) is 0 Å². The third-order valence-corrected chi connectivity index (χ3v) is 4.14. The van der Waals surface area contributed by atoms with Gasteiger partial charge in [-0.25, -0.2) is 0 Å². The summed E-state index contributed by atoms with van der Waals surface area (Å²) < 4.78 is 2.01. The number of fused-ring (bicyclic) bond motifs is 1. The van der Waals surface area contributed by atoms with Crippen LogP contribution >= 0.6 is 0 Å². The van der Waals surface area contributed by atoms with Crippen LogP contribution in [0.1, 0.15) is 24.9 Å². The lowest BCUT2D eigenvalue weighted by molar-refractivity contribution is -0.120. The minimum atomic E-state index is -0.350. The number of carbonyl (C=O) groups excluding carboxylic acids is 2. The second-order valence-corrected chi connectivity index (χ2v) is 6.12. The van der Waals surface area contributed by atoms with Crippen molar-refractivity contribution in [1.82, 2.24) is 9.88 Å². The van der Waals surface area contributed by atoms with E-state index in [2.05, 4.69) is 10.6 Å². The summed E-state index contributed by atoms with van der Waals surface area (Å²) in [5.41, 5.74) is 2.71. The highest BCUT2D eigenvalue weighted by Gasteiger charge is 2.17. The molecule has 2 aromatic carbocycles. The molecule has 3 aromatic rings.